The van der Waals surface area contributed by atoms with Crippen LogP contribution in [-0.2, 0) is 22.6 Å². The quantitative estimate of drug-likeness (QED) is 0.842. The molecule has 1 aromatic rings. The van der Waals surface area contributed by atoms with Crippen molar-refractivity contribution in [3.63, 3.8) is 0 Å². The van der Waals surface area contributed by atoms with Gasteiger partial charge in [0, 0.05) is 19.5 Å². The molecule has 1 heterocycles. The van der Waals surface area contributed by atoms with E-state index >= 15 is 0 Å². The maximum Gasteiger partial charge on any atom is 0.303 e. The average molecular weight is 249 g/mol. The van der Waals surface area contributed by atoms with Crippen LogP contribution in [0.15, 0.2) is 18.2 Å². The number of fused-ring (bicyclic) bond motifs is 1. The second-order valence-corrected chi connectivity index (χ2v) is 4.41. The average Bonchev–Trinajstić information content (AvgIpc) is 2.34. The van der Waals surface area contributed by atoms with Crippen molar-refractivity contribution in [3.05, 3.63) is 29.3 Å². The normalized spacial score (nSPS) is 14.1. The van der Waals surface area contributed by atoms with Gasteiger partial charge in [-0.25, -0.2) is 0 Å². The van der Waals surface area contributed by atoms with Crippen LogP contribution in [0, 0.1) is 0 Å². The molecule has 0 spiro atoms. The van der Waals surface area contributed by atoms with Gasteiger partial charge in [-0.2, -0.15) is 0 Å². The Morgan fingerprint density at radius 2 is 2.00 bits per heavy atom. The first kappa shape index (κ1) is 12.4. The first-order valence-electron chi connectivity index (χ1n) is 5.86. The summed E-state index contributed by atoms with van der Waals surface area (Å²) in [6, 6.07) is 5.16. The molecule has 5 heteroatoms. The summed E-state index contributed by atoms with van der Waals surface area (Å²) in [6.07, 6.45) is 0.639. The number of nitrogens with zero attached hydrogens (tertiary/aromatic N) is 1. The Morgan fingerprint density at radius 1 is 1.22 bits per heavy atom. The van der Waals surface area contributed by atoms with Gasteiger partial charge in [0.05, 0.1) is 6.42 Å². The van der Waals surface area contributed by atoms with Crippen molar-refractivity contribution in [1.29, 1.82) is 0 Å². The lowest BCUT2D eigenvalue weighted by Crippen LogP contribution is -2.36. The first-order chi connectivity index (χ1) is 8.56. The Hall–Kier alpha value is -2.04. The molecule has 2 rings (SSSR count). The topological polar surface area (TPSA) is 77.8 Å². The number of hydrogen-bond donors (Lipinski definition) is 2. The number of benzene rings is 1. The Morgan fingerprint density at radius 3 is 2.72 bits per heavy atom. The Kier molecular flexibility index (Phi) is 3.50. The first-order valence-corrected chi connectivity index (χ1v) is 5.86. The summed E-state index contributed by atoms with van der Waals surface area (Å²) in [6.45, 7) is 1.05. The minimum absolute atomic E-state index is 0.0312. The molecule has 96 valence electrons. The van der Waals surface area contributed by atoms with Gasteiger partial charge in [0.25, 0.3) is 0 Å². The molecule has 0 atom stereocenters. The zero-order valence-electron chi connectivity index (χ0n) is 9.93. The number of rotatable bonds is 3. The number of carboxylic acids is 1. The molecule has 2 N–H and O–H groups in total. The van der Waals surface area contributed by atoms with Crippen molar-refractivity contribution in [3.8, 4) is 5.75 Å². The van der Waals surface area contributed by atoms with Crippen molar-refractivity contribution in [2.24, 2.45) is 0 Å². The molecule has 0 aliphatic carbocycles. The van der Waals surface area contributed by atoms with Gasteiger partial charge in [0.15, 0.2) is 0 Å². The molecule has 0 aromatic heterocycles. The van der Waals surface area contributed by atoms with E-state index in [2.05, 4.69) is 0 Å². The van der Waals surface area contributed by atoms with Crippen LogP contribution < -0.4 is 0 Å². The van der Waals surface area contributed by atoms with E-state index < -0.39 is 5.97 Å². The molecule has 0 unspecified atom stereocenters. The van der Waals surface area contributed by atoms with Gasteiger partial charge in [-0.15, -0.1) is 0 Å². The van der Waals surface area contributed by atoms with Crippen LogP contribution in [0.4, 0.5) is 0 Å². The third kappa shape index (κ3) is 2.80. The predicted molar refractivity (Wildman–Crippen MR) is 64.1 cm³/mol. The van der Waals surface area contributed by atoms with Gasteiger partial charge < -0.3 is 15.1 Å². The highest BCUT2D eigenvalue weighted by atomic mass is 16.4. The fraction of sp³-hybridized carbons (Fsp3) is 0.385. The summed E-state index contributed by atoms with van der Waals surface area (Å²) in [7, 11) is 0. The zero-order chi connectivity index (χ0) is 13.1. The number of aliphatic carboxylic acids is 1. The van der Waals surface area contributed by atoms with E-state index in [1.165, 1.54) is 0 Å². The lowest BCUT2D eigenvalue weighted by Gasteiger charge is -2.29. The minimum Gasteiger partial charge on any atom is -0.508 e. The van der Waals surface area contributed by atoms with Crippen molar-refractivity contribution < 1.29 is 19.8 Å². The van der Waals surface area contributed by atoms with E-state index in [1.807, 2.05) is 6.07 Å². The fourth-order valence-electron chi connectivity index (χ4n) is 2.13. The molecule has 18 heavy (non-hydrogen) atoms. The largest absolute Gasteiger partial charge is 0.508 e. The highest BCUT2D eigenvalue weighted by molar-refractivity contribution is 5.81. The molecule has 1 amide bonds. The van der Waals surface area contributed by atoms with E-state index in [1.54, 1.807) is 17.0 Å². The molecular formula is C13H15NO4. The van der Waals surface area contributed by atoms with Crippen molar-refractivity contribution >= 4 is 11.9 Å². The van der Waals surface area contributed by atoms with Gasteiger partial charge in [-0.1, -0.05) is 6.07 Å². The number of carbonyl (C=O) groups is 2. The van der Waals surface area contributed by atoms with E-state index in [9.17, 15) is 14.7 Å². The van der Waals surface area contributed by atoms with Gasteiger partial charge in [0.2, 0.25) is 5.91 Å². The van der Waals surface area contributed by atoms with Crippen LogP contribution in [0.1, 0.15) is 24.0 Å². The molecule has 1 aliphatic rings. The summed E-state index contributed by atoms with van der Waals surface area (Å²) in [5, 5.41) is 18.0. The summed E-state index contributed by atoms with van der Waals surface area (Å²) in [5.74, 6) is -0.918. The summed E-state index contributed by atoms with van der Waals surface area (Å²) in [5.41, 5.74) is 2.07. The third-order valence-electron chi connectivity index (χ3n) is 3.11. The van der Waals surface area contributed by atoms with Crippen LogP contribution >= 0.6 is 0 Å². The highest BCUT2D eigenvalue weighted by Crippen LogP contribution is 2.23. The maximum atomic E-state index is 11.8. The molecule has 1 aliphatic heterocycles. The second-order valence-electron chi connectivity index (χ2n) is 4.41. The van der Waals surface area contributed by atoms with Crippen LogP contribution in [0.2, 0.25) is 0 Å². The number of carboxylic acid groups (broad SMARTS) is 1. The van der Waals surface area contributed by atoms with E-state index in [4.69, 9.17) is 5.11 Å². The lowest BCUT2D eigenvalue weighted by molar-refractivity contribution is -0.141. The summed E-state index contributed by atoms with van der Waals surface area (Å²) < 4.78 is 0. The Balaban J connectivity index is 2.02. The molecule has 5 nitrogen and oxygen atoms in total. The zero-order valence-corrected chi connectivity index (χ0v) is 9.93. The van der Waals surface area contributed by atoms with Gasteiger partial charge in [-0.05, 0) is 29.7 Å². The predicted octanol–water partition coefficient (Wildman–Crippen LogP) is 1.14. The van der Waals surface area contributed by atoms with Gasteiger partial charge in [0.1, 0.15) is 5.75 Å². The molecule has 0 bridgehead atoms. The molecule has 0 fully saturated rings. The van der Waals surface area contributed by atoms with E-state index in [0.29, 0.717) is 13.1 Å². The van der Waals surface area contributed by atoms with Gasteiger partial charge in [-0.3, -0.25) is 9.59 Å². The van der Waals surface area contributed by atoms with Crippen LogP contribution in [-0.4, -0.2) is 33.5 Å². The van der Waals surface area contributed by atoms with Crippen LogP contribution in [0.25, 0.3) is 0 Å². The SMILES string of the molecule is O=C(O)CCC(=O)N1CCc2ccc(O)cc2C1. The molecule has 0 radical (unpaired) electrons. The maximum absolute atomic E-state index is 11.8. The summed E-state index contributed by atoms with van der Waals surface area (Å²) >= 11 is 0. The van der Waals surface area contributed by atoms with E-state index in [0.717, 1.165) is 17.5 Å². The van der Waals surface area contributed by atoms with Crippen molar-refractivity contribution in [2.45, 2.75) is 25.8 Å². The molecule has 1 aromatic carbocycles. The number of phenolic OH excluding ortho intramolecular Hbond substituents is 1. The highest BCUT2D eigenvalue weighted by Gasteiger charge is 2.21. The molecule has 0 saturated carbocycles. The number of amides is 1. The standard InChI is InChI=1S/C13H15NO4/c15-11-2-1-9-5-6-14(8-10(9)7-11)12(16)3-4-13(17)18/h1-2,7,15H,3-6,8H2,(H,17,18). The molecule has 0 saturated heterocycles. The number of aromatic hydroxyl groups is 1. The van der Waals surface area contributed by atoms with Gasteiger partial charge >= 0.3 is 5.97 Å². The number of phenols is 1. The number of carbonyl (C=O) groups excluding carboxylic acids is 1. The van der Waals surface area contributed by atoms with Crippen molar-refractivity contribution in [1.82, 2.24) is 4.90 Å². The lowest BCUT2D eigenvalue weighted by atomic mass is 9.99. The monoisotopic (exact) mass is 249 g/mol. The minimum atomic E-state index is -0.960. The molecular weight excluding hydrogens is 234 g/mol. The smallest absolute Gasteiger partial charge is 0.303 e. The fourth-order valence-corrected chi connectivity index (χ4v) is 2.13. The van der Waals surface area contributed by atoms with E-state index in [-0.39, 0.29) is 24.5 Å². The second kappa shape index (κ2) is 5.08. The Labute approximate surface area is 105 Å². The van der Waals surface area contributed by atoms with Crippen LogP contribution in [0.3, 0.4) is 0 Å². The van der Waals surface area contributed by atoms with Crippen molar-refractivity contribution in [2.75, 3.05) is 6.54 Å². The summed E-state index contributed by atoms with van der Waals surface area (Å²) in [4.78, 5) is 23.9. The van der Waals surface area contributed by atoms with Crippen LogP contribution in [0.5, 0.6) is 5.75 Å². The Bertz CT molecular complexity index is 484. The third-order valence-corrected chi connectivity index (χ3v) is 3.11. The number of hydrogen-bond acceptors (Lipinski definition) is 3.